The maximum Gasteiger partial charge on any atom is 0.263 e. The van der Waals surface area contributed by atoms with Crippen molar-refractivity contribution in [3.05, 3.63) is 41.6 Å². The summed E-state index contributed by atoms with van der Waals surface area (Å²) < 4.78 is 26.9. The van der Waals surface area contributed by atoms with Crippen LogP contribution in [0.5, 0.6) is 0 Å². The summed E-state index contributed by atoms with van der Waals surface area (Å²) in [6.45, 7) is 7.75. The fourth-order valence-corrected chi connectivity index (χ4v) is 4.01. The molecule has 1 atom stereocenters. The van der Waals surface area contributed by atoms with E-state index in [-0.39, 0.29) is 28.5 Å². The van der Waals surface area contributed by atoms with Gasteiger partial charge in [-0.3, -0.25) is 19.6 Å². The van der Waals surface area contributed by atoms with Crippen LogP contribution in [0.15, 0.2) is 40.2 Å². The van der Waals surface area contributed by atoms with Crippen LogP contribution in [0.3, 0.4) is 0 Å². The second kappa shape index (κ2) is 7.15. The number of aromatic amines is 1. The summed E-state index contributed by atoms with van der Waals surface area (Å²) >= 11 is 0. The number of aromatic nitrogens is 2. The van der Waals surface area contributed by atoms with E-state index in [1.54, 1.807) is 24.3 Å². The summed E-state index contributed by atoms with van der Waals surface area (Å²) in [6.07, 6.45) is 0. The van der Waals surface area contributed by atoms with Gasteiger partial charge in [0.15, 0.2) is 5.82 Å². The molecule has 0 radical (unpaired) electrons. The minimum absolute atomic E-state index is 0.140. The predicted octanol–water partition coefficient (Wildman–Crippen LogP) is 2.23. The molecule has 0 unspecified atom stereocenters. The first kappa shape index (κ1) is 19.1. The van der Waals surface area contributed by atoms with Crippen LogP contribution in [0.4, 0.5) is 5.82 Å². The van der Waals surface area contributed by atoms with Crippen LogP contribution < -0.4 is 10.0 Å². The highest BCUT2D eigenvalue weighted by atomic mass is 32.2. The number of aliphatic imine (C=N–C) groups is 1. The van der Waals surface area contributed by atoms with Gasteiger partial charge in [0.1, 0.15) is 11.9 Å². The molecule has 2 aromatic rings. The number of carbonyl (C=O) groups excluding carboxylic acids is 1. The lowest BCUT2D eigenvalue weighted by molar-refractivity contribution is -0.118. The fraction of sp³-hybridized carbons (Fsp3) is 0.389. The van der Waals surface area contributed by atoms with E-state index in [1.807, 2.05) is 27.7 Å². The Labute approximate surface area is 158 Å². The molecule has 144 valence electrons. The number of rotatable bonds is 5. The Morgan fingerprint density at radius 3 is 2.52 bits per heavy atom. The zero-order chi connectivity index (χ0) is 19.8. The van der Waals surface area contributed by atoms with Crippen LogP contribution in [-0.2, 0) is 14.8 Å². The van der Waals surface area contributed by atoms with Gasteiger partial charge >= 0.3 is 0 Å². The number of amides is 1. The molecule has 0 fully saturated rings. The summed E-state index contributed by atoms with van der Waals surface area (Å²) in [5.74, 6) is 0.376. The molecule has 0 saturated carbocycles. The van der Waals surface area contributed by atoms with Crippen molar-refractivity contribution in [2.24, 2.45) is 10.9 Å². The monoisotopic (exact) mass is 389 g/mol. The van der Waals surface area contributed by atoms with Crippen molar-refractivity contribution >= 4 is 27.6 Å². The van der Waals surface area contributed by atoms with Crippen molar-refractivity contribution in [1.82, 2.24) is 14.9 Å². The Hall–Kier alpha value is -2.68. The summed E-state index contributed by atoms with van der Waals surface area (Å²) in [7, 11) is -3.65. The normalized spacial score (nSPS) is 17.8. The maximum absolute atomic E-state index is 12.7. The highest BCUT2D eigenvalue weighted by molar-refractivity contribution is 7.90. The summed E-state index contributed by atoms with van der Waals surface area (Å²) in [5.41, 5.74) is 1.38. The Morgan fingerprint density at radius 1 is 1.19 bits per heavy atom. The minimum atomic E-state index is -3.65. The first-order chi connectivity index (χ1) is 12.7. The van der Waals surface area contributed by atoms with Gasteiger partial charge in [0, 0.05) is 17.3 Å². The van der Waals surface area contributed by atoms with Gasteiger partial charge in [0.05, 0.1) is 4.90 Å². The molecular formula is C18H23N5O3S. The van der Waals surface area contributed by atoms with E-state index in [0.717, 1.165) is 5.69 Å². The van der Waals surface area contributed by atoms with Gasteiger partial charge in [-0.15, -0.1) is 0 Å². The number of benzene rings is 1. The van der Waals surface area contributed by atoms with Crippen LogP contribution in [0.1, 0.15) is 44.9 Å². The third kappa shape index (κ3) is 3.87. The molecule has 0 bridgehead atoms. The highest BCUT2D eigenvalue weighted by Crippen LogP contribution is 2.24. The lowest BCUT2D eigenvalue weighted by atomic mass is 10.0. The van der Waals surface area contributed by atoms with E-state index in [0.29, 0.717) is 11.4 Å². The fourth-order valence-electron chi connectivity index (χ4n) is 2.78. The average Bonchev–Trinajstić information content (AvgIpc) is 3.15. The quantitative estimate of drug-likeness (QED) is 0.727. The molecular weight excluding hydrogens is 366 g/mol. The van der Waals surface area contributed by atoms with Crippen LogP contribution in [0.2, 0.25) is 0 Å². The van der Waals surface area contributed by atoms with Crippen LogP contribution in [0, 0.1) is 5.92 Å². The van der Waals surface area contributed by atoms with Gasteiger partial charge in [-0.05, 0) is 24.0 Å². The van der Waals surface area contributed by atoms with Crippen LogP contribution >= 0.6 is 0 Å². The molecule has 27 heavy (non-hydrogen) atoms. The standard InChI is InChI=1S/C18H23N5O3S/c1-10(2)13-9-15(22-21-13)19-18(24)16(11(3)4)20-17-12-7-5-6-8-14(12)27(25,26)23-17/h5-11,16H,1-4H3,(H,20,23)(H2,19,21,22,24)/t16-/m0/s1. The third-order valence-electron chi connectivity index (χ3n) is 4.30. The minimum Gasteiger partial charge on any atom is -0.307 e. The Bertz CT molecular complexity index is 992. The molecule has 1 aromatic carbocycles. The molecule has 0 saturated heterocycles. The van der Waals surface area contributed by atoms with Gasteiger partial charge < -0.3 is 5.32 Å². The molecule has 1 amide bonds. The first-order valence-electron chi connectivity index (χ1n) is 8.75. The van der Waals surface area contributed by atoms with E-state index in [2.05, 4.69) is 25.2 Å². The van der Waals surface area contributed by atoms with Gasteiger partial charge in [0.25, 0.3) is 15.9 Å². The molecule has 3 N–H and O–H groups in total. The van der Waals surface area contributed by atoms with Crippen LogP contribution in [0.25, 0.3) is 0 Å². The Morgan fingerprint density at radius 2 is 1.89 bits per heavy atom. The van der Waals surface area contributed by atoms with E-state index in [4.69, 9.17) is 0 Å². The highest BCUT2D eigenvalue weighted by Gasteiger charge is 2.32. The van der Waals surface area contributed by atoms with Crippen molar-refractivity contribution < 1.29 is 13.2 Å². The van der Waals surface area contributed by atoms with Crippen molar-refractivity contribution in [3.63, 3.8) is 0 Å². The third-order valence-corrected chi connectivity index (χ3v) is 5.70. The number of sulfonamides is 1. The molecule has 9 heteroatoms. The largest absolute Gasteiger partial charge is 0.307 e. The van der Waals surface area contributed by atoms with Crippen molar-refractivity contribution in [2.45, 2.75) is 44.6 Å². The second-order valence-corrected chi connectivity index (χ2v) is 8.77. The number of nitrogens with one attached hydrogen (secondary N) is 3. The first-order valence-corrected chi connectivity index (χ1v) is 10.2. The summed E-state index contributed by atoms with van der Waals surface area (Å²) in [5, 5.41) is 9.73. The molecule has 1 aliphatic rings. The Balaban J connectivity index is 1.88. The van der Waals surface area contributed by atoms with Crippen molar-refractivity contribution in [3.8, 4) is 0 Å². The van der Waals surface area contributed by atoms with Gasteiger partial charge in [-0.1, -0.05) is 39.8 Å². The lowest BCUT2D eigenvalue weighted by Crippen LogP contribution is -2.34. The van der Waals surface area contributed by atoms with Crippen molar-refractivity contribution in [1.29, 1.82) is 0 Å². The van der Waals surface area contributed by atoms with E-state index in [1.165, 1.54) is 6.07 Å². The molecule has 0 aliphatic carbocycles. The second-order valence-electron chi connectivity index (χ2n) is 7.12. The zero-order valence-electron chi connectivity index (χ0n) is 15.6. The number of anilines is 1. The predicted molar refractivity (Wildman–Crippen MR) is 103 cm³/mol. The number of fused-ring (bicyclic) bond motifs is 1. The lowest BCUT2D eigenvalue weighted by Gasteiger charge is -2.16. The molecule has 0 spiro atoms. The van der Waals surface area contributed by atoms with Gasteiger partial charge in [0.2, 0.25) is 0 Å². The number of amidine groups is 1. The van der Waals surface area contributed by atoms with E-state index >= 15 is 0 Å². The average molecular weight is 389 g/mol. The number of hydrogen-bond donors (Lipinski definition) is 3. The summed E-state index contributed by atoms with van der Waals surface area (Å²) in [6, 6.07) is 7.58. The number of hydrogen-bond acceptors (Lipinski definition) is 5. The van der Waals surface area contributed by atoms with Crippen LogP contribution in [-0.4, -0.2) is 36.4 Å². The molecule has 2 heterocycles. The SMILES string of the molecule is CC(C)c1cc(NC(=O)[C@@H](N=C2NS(=O)(=O)c3ccccc32)C(C)C)n[nH]1. The number of carbonyl (C=O) groups is 1. The number of nitrogens with zero attached hydrogens (tertiary/aromatic N) is 2. The summed E-state index contributed by atoms with van der Waals surface area (Å²) in [4.78, 5) is 17.3. The molecule has 3 rings (SSSR count). The van der Waals surface area contributed by atoms with Gasteiger partial charge in [-0.2, -0.15) is 5.10 Å². The van der Waals surface area contributed by atoms with E-state index in [9.17, 15) is 13.2 Å². The number of H-pyrrole nitrogens is 1. The smallest absolute Gasteiger partial charge is 0.263 e. The molecule has 1 aliphatic heterocycles. The maximum atomic E-state index is 12.7. The zero-order valence-corrected chi connectivity index (χ0v) is 16.5. The molecule has 1 aromatic heterocycles. The molecule has 8 nitrogen and oxygen atoms in total. The van der Waals surface area contributed by atoms with Gasteiger partial charge in [-0.25, -0.2) is 8.42 Å². The Kier molecular flexibility index (Phi) is 5.05. The van der Waals surface area contributed by atoms with Crippen molar-refractivity contribution in [2.75, 3.05) is 5.32 Å². The van der Waals surface area contributed by atoms with E-state index < -0.39 is 16.1 Å². The topological polar surface area (TPSA) is 116 Å².